The number of fused-ring (bicyclic) bond motifs is 1. The van der Waals surface area contributed by atoms with Gasteiger partial charge in [0.05, 0.1) is 12.3 Å². The fourth-order valence-electron chi connectivity index (χ4n) is 2.97. The van der Waals surface area contributed by atoms with Gasteiger partial charge in [-0.15, -0.1) is 0 Å². The highest BCUT2D eigenvalue weighted by atomic mass is 31.3. The number of phosphoric acid groups is 3. The molecule has 32 heavy (non-hydrogen) atoms. The summed E-state index contributed by atoms with van der Waals surface area (Å²) in [6, 6.07) is 2.90. The van der Waals surface area contributed by atoms with Gasteiger partial charge in [-0.2, -0.15) is 13.7 Å². The predicted molar refractivity (Wildman–Crippen MR) is 100 cm³/mol. The standard InChI is InChI=1S/C12H18FN4O12P3/c1-12(4-26-31(22,23)29-32(24,25)28-30(19,20)21)10(18)8(13)9(27-12)6-2-3-7-11(14)15-5-16-17(6)7/h2-3,5,8-10,18H,4H2,1H3,(H,22,23)(H,24,25)(H2,14,15,16)(H2,19,20,21)/t8-,9-,10-,12+/m0/s1. The monoisotopic (exact) mass is 522 g/mol. The lowest BCUT2D eigenvalue weighted by Crippen LogP contribution is -2.43. The molecule has 0 spiro atoms. The Kier molecular flexibility index (Phi) is 6.70. The van der Waals surface area contributed by atoms with Gasteiger partial charge in [0.1, 0.15) is 29.7 Å². The molecule has 0 radical (unpaired) electrons. The molecule has 0 amide bonds. The van der Waals surface area contributed by atoms with Gasteiger partial charge in [-0.05, 0) is 19.1 Å². The van der Waals surface area contributed by atoms with E-state index in [-0.39, 0.29) is 11.5 Å². The lowest BCUT2D eigenvalue weighted by molar-refractivity contribution is -0.0983. The van der Waals surface area contributed by atoms with Crippen molar-refractivity contribution < 1.29 is 60.6 Å². The minimum Gasteiger partial charge on any atom is -0.387 e. The summed E-state index contributed by atoms with van der Waals surface area (Å²) in [5, 5.41) is 14.2. The number of alkyl halides is 1. The minimum atomic E-state index is -5.74. The summed E-state index contributed by atoms with van der Waals surface area (Å²) in [4.78, 5) is 39.6. The van der Waals surface area contributed by atoms with Gasteiger partial charge in [-0.3, -0.25) is 4.52 Å². The number of halogens is 1. The van der Waals surface area contributed by atoms with Crippen molar-refractivity contribution in [2.24, 2.45) is 0 Å². The first-order valence-electron chi connectivity index (χ1n) is 8.40. The van der Waals surface area contributed by atoms with Crippen molar-refractivity contribution in [3.8, 4) is 0 Å². The quantitative estimate of drug-likeness (QED) is 0.253. The molecule has 1 fully saturated rings. The van der Waals surface area contributed by atoms with E-state index in [9.17, 15) is 28.1 Å². The summed E-state index contributed by atoms with van der Waals surface area (Å²) in [6.45, 7) is 0.0727. The molecule has 2 unspecified atom stereocenters. The molecule has 7 N–H and O–H groups in total. The van der Waals surface area contributed by atoms with E-state index in [1.807, 2.05) is 0 Å². The van der Waals surface area contributed by atoms with Gasteiger partial charge in [-0.1, -0.05) is 0 Å². The highest BCUT2D eigenvalue weighted by Gasteiger charge is 2.55. The van der Waals surface area contributed by atoms with Crippen LogP contribution in [0.4, 0.5) is 10.2 Å². The Morgan fingerprint density at radius 2 is 1.88 bits per heavy atom. The van der Waals surface area contributed by atoms with Gasteiger partial charge in [0.25, 0.3) is 0 Å². The topological polar surface area (TPSA) is 245 Å². The number of rotatable bonds is 8. The third-order valence-electron chi connectivity index (χ3n) is 4.35. The number of aromatic nitrogens is 3. The largest absolute Gasteiger partial charge is 0.490 e. The van der Waals surface area contributed by atoms with Gasteiger partial charge in [-0.25, -0.2) is 27.6 Å². The van der Waals surface area contributed by atoms with Crippen LogP contribution < -0.4 is 5.73 Å². The molecule has 1 saturated heterocycles. The zero-order chi connectivity index (χ0) is 24.1. The number of aliphatic hydroxyl groups is 1. The second-order valence-corrected chi connectivity index (χ2v) is 11.2. The second-order valence-electron chi connectivity index (χ2n) is 6.81. The van der Waals surface area contributed by atoms with Crippen LogP contribution >= 0.6 is 23.5 Å². The smallest absolute Gasteiger partial charge is 0.387 e. The van der Waals surface area contributed by atoms with Crippen LogP contribution in [0, 0.1) is 0 Å². The van der Waals surface area contributed by atoms with Gasteiger partial charge in [0, 0.05) is 0 Å². The van der Waals surface area contributed by atoms with Gasteiger partial charge in [0.2, 0.25) is 0 Å². The Bertz CT molecular complexity index is 1160. The first kappa shape index (κ1) is 25.3. The maximum absolute atomic E-state index is 14.9. The number of hydrogen-bond donors (Lipinski definition) is 6. The van der Waals surface area contributed by atoms with E-state index >= 15 is 0 Å². The minimum absolute atomic E-state index is 0.0932. The van der Waals surface area contributed by atoms with E-state index < -0.39 is 54.1 Å². The van der Waals surface area contributed by atoms with Crippen LogP contribution in [-0.2, 0) is 31.6 Å². The van der Waals surface area contributed by atoms with Crippen LogP contribution in [-0.4, -0.2) is 63.8 Å². The molecule has 0 saturated carbocycles. The van der Waals surface area contributed by atoms with Crippen LogP contribution in [0.25, 0.3) is 5.52 Å². The molecule has 0 aromatic carbocycles. The molecule has 20 heteroatoms. The van der Waals surface area contributed by atoms with E-state index in [4.69, 9.17) is 25.2 Å². The Balaban J connectivity index is 1.76. The van der Waals surface area contributed by atoms with Crippen molar-refractivity contribution in [2.45, 2.75) is 30.9 Å². The van der Waals surface area contributed by atoms with Crippen molar-refractivity contribution in [3.05, 3.63) is 24.2 Å². The highest BCUT2D eigenvalue weighted by Crippen LogP contribution is 2.66. The van der Waals surface area contributed by atoms with Crippen molar-refractivity contribution in [3.63, 3.8) is 0 Å². The third kappa shape index (κ3) is 5.42. The van der Waals surface area contributed by atoms with Gasteiger partial charge < -0.3 is 35.2 Å². The Morgan fingerprint density at radius 3 is 2.50 bits per heavy atom. The van der Waals surface area contributed by atoms with Crippen molar-refractivity contribution >= 4 is 34.8 Å². The molecule has 16 nitrogen and oxygen atoms in total. The molecular weight excluding hydrogens is 504 g/mol. The van der Waals surface area contributed by atoms with E-state index in [0.29, 0.717) is 5.52 Å². The Hall–Kier alpha value is -1.32. The molecule has 0 bridgehead atoms. The first-order chi connectivity index (χ1) is 14.5. The van der Waals surface area contributed by atoms with Crippen LogP contribution in [0.15, 0.2) is 18.5 Å². The van der Waals surface area contributed by atoms with Crippen molar-refractivity contribution in [1.29, 1.82) is 0 Å². The van der Waals surface area contributed by atoms with E-state index in [0.717, 1.165) is 13.3 Å². The van der Waals surface area contributed by atoms with Crippen LogP contribution in [0.1, 0.15) is 18.7 Å². The van der Waals surface area contributed by atoms with E-state index in [2.05, 4.69) is 23.2 Å². The number of nitrogen functional groups attached to an aromatic ring is 1. The molecule has 1 aliphatic heterocycles. The lowest BCUT2D eigenvalue weighted by Gasteiger charge is -2.28. The SMILES string of the molecule is C[C@]1(COP(=O)(O)OP(=O)(O)OP(=O)(O)O)O[C@@H](c2ccc3c(N)ncnn23)[C@H](F)[C@@H]1O. The molecule has 3 heterocycles. The fourth-order valence-corrected chi connectivity index (χ4v) is 6.09. The molecule has 1 aliphatic rings. The Morgan fingerprint density at radius 1 is 1.22 bits per heavy atom. The van der Waals surface area contributed by atoms with Gasteiger partial charge in [0.15, 0.2) is 12.0 Å². The number of hydrogen-bond acceptors (Lipinski definition) is 11. The summed E-state index contributed by atoms with van der Waals surface area (Å²) < 4.78 is 67.2. The number of phosphoric ester groups is 1. The normalized spacial score (nSPS) is 30.3. The highest BCUT2D eigenvalue weighted by molar-refractivity contribution is 7.66. The number of nitrogens with zero attached hydrogens (tertiary/aromatic N) is 3. The lowest BCUT2D eigenvalue weighted by atomic mass is 9.98. The first-order valence-corrected chi connectivity index (χ1v) is 12.9. The summed E-state index contributed by atoms with van der Waals surface area (Å²) in [7, 11) is -16.8. The van der Waals surface area contributed by atoms with Crippen LogP contribution in [0.2, 0.25) is 0 Å². The molecular formula is C12H18FN4O12P3. The van der Waals surface area contributed by atoms with E-state index in [1.165, 1.54) is 16.6 Å². The average Bonchev–Trinajstić information content (AvgIpc) is 3.14. The number of nitrogens with two attached hydrogens (primary N) is 1. The van der Waals surface area contributed by atoms with Crippen molar-refractivity contribution in [2.75, 3.05) is 12.3 Å². The van der Waals surface area contributed by atoms with Gasteiger partial charge >= 0.3 is 23.5 Å². The maximum Gasteiger partial charge on any atom is 0.490 e. The molecule has 0 aliphatic carbocycles. The molecule has 6 atom stereocenters. The van der Waals surface area contributed by atoms with Crippen molar-refractivity contribution in [1.82, 2.24) is 14.6 Å². The van der Waals surface area contributed by atoms with Crippen LogP contribution in [0.5, 0.6) is 0 Å². The summed E-state index contributed by atoms with van der Waals surface area (Å²) in [5.74, 6) is 0.0932. The fraction of sp³-hybridized carbons (Fsp3) is 0.500. The summed E-state index contributed by atoms with van der Waals surface area (Å²) >= 11 is 0. The molecule has 3 rings (SSSR count). The second kappa shape index (κ2) is 8.47. The predicted octanol–water partition coefficient (Wildman–Crippen LogP) is 0.184. The maximum atomic E-state index is 14.9. The third-order valence-corrected chi connectivity index (χ3v) is 8.13. The zero-order valence-electron chi connectivity index (χ0n) is 15.9. The Labute approximate surface area is 178 Å². The summed E-state index contributed by atoms with van der Waals surface area (Å²) in [6.07, 6.45) is -4.31. The average molecular weight is 522 g/mol. The number of aliphatic hydroxyl groups excluding tert-OH is 1. The zero-order valence-corrected chi connectivity index (χ0v) is 18.6. The van der Waals surface area contributed by atoms with Crippen LogP contribution in [0.3, 0.4) is 0 Å². The molecule has 2 aromatic rings. The number of ether oxygens (including phenoxy) is 1. The summed E-state index contributed by atoms with van der Waals surface area (Å²) in [5.41, 5.74) is 4.20. The van der Waals surface area contributed by atoms with E-state index in [1.54, 1.807) is 0 Å². The number of anilines is 1. The molecule has 2 aromatic heterocycles. The molecule has 180 valence electrons.